The molecule has 7 nitrogen and oxygen atoms in total. The van der Waals surface area contributed by atoms with Crippen LogP contribution in [0.15, 0.2) is 10.2 Å². The molecule has 2 fully saturated rings. The van der Waals surface area contributed by atoms with Crippen molar-refractivity contribution in [3.05, 3.63) is 0 Å². The minimum Gasteiger partial charge on any atom is -0.368 e. The predicted octanol–water partition coefficient (Wildman–Crippen LogP) is 1.63. The molecule has 0 aromatic carbocycles. The van der Waals surface area contributed by atoms with Gasteiger partial charge in [0.25, 0.3) is 5.91 Å². The highest BCUT2D eigenvalue weighted by atomic mass is 16.5. The molecule has 7 heteroatoms. The number of amides is 2. The molecule has 0 saturated carbocycles. The summed E-state index contributed by atoms with van der Waals surface area (Å²) in [6, 6.07) is -0.389. The molecular weight excluding hydrogens is 320 g/mol. The van der Waals surface area contributed by atoms with Crippen molar-refractivity contribution in [2.45, 2.75) is 69.2 Å². The van der Waals surface area contributed by atoms with E-state index in [2.05, 4.69) is 21.5 Å². The van der Waals surface area contributed by atoms with E-state index >= 15 is 0 Å². The lowest BCUT2D eigenvalue weighted by atomic mass is 9.99. The normalized spacial score (nSPS) is 26.9. The number of ether oxygens (including phenoxy) is 1. The third-order valence-corrected chi connectivity index (χ3v) is 5.17. The highest BCUT2D eigenvalue weighted by Gasteiger charge is 2.40. The second-order valence-electron chi connectivity index (χ2n) is 6.97. The molecule has 3 aliphatic heterocycles. The molecule has 0 aromatic rings. The number of likely N-dealkylation sites (tertiary alicyclic amines) is 1. The van der Waals surface area contributed by atoms with Crippen LogP contribution in [0.4, 0.5) is 0 Å². The van der Waals surface area contributed by atoms with E-state index in [-0.39, 0.29) is 29.6 Å². The van der Waals surface area contributed by atoms with E-state index in [4.69, 9.17) is 11.2 Å². The van der Waals surface area contributed by atoms with Gasteiger partial charge in [0.2, 0.25) is 5.91 Å². The highest BCUT2D eigenvalue weighted by Crippen LogP contribution is 2.36. The number of carbonyl (C=O) groups excluding carboxylic acids is 2. The van der Waals surface area contributed by atoms with Crippen LogP contribution in [0.5, 0.6) is 0 Å². The van der Waals surface area contributed by atoms with Crippen LogP contribution in [0, 0.1) is 12.3 Å². The molecule has 3 rings (SSSR count). The van der Waals surface area contributed by atoms with Crippen LogP contribution >= 0.6 is 0 Å². The van der Waals surface area contributed by atoms with E-state index in [0.29, 0.717) is 39.0 Å². The van der Waals surface area contributed by atoms with Crippen molar-refractivity contribution in [2.24, 2.45) is 10.2 Å². The summed E-state index contributed by atoms with van der Waals surface area (Å²) < 4.78 is 5.50. The van der Waals surface area contributed by atoms with Gasteiger partial charge in [-0.3, -0.25) is 9.59 Å². The lowest BCUT2D eigenvalue weighted by Crippen LogP contribution is -2.54. The first-order valence-electron chi connectivity index (χ1n) is 9.22. The summed E-state index contributed by atoms with van der Waals surface area (Å²) in [7, 11) is 0. The third-order valence-electron chi connectivity index (χ3n) is 5.17. The first-order chi connectivity index (χ1) is 12.2. The van der Waals surface area contributed by atoms with Crippen LogP contribution in [0.2, 0.25) is 0 Å². The summed E-state index contributed by atoms with van der Waals surface area (Å²) in [5, 5.41) is 11.1. The molecule has 0 radical (unpaired) electrons. The first kappa shape index (κ1) is 17.9. The van der Waals surface area contributed by atoms with Gasteiger partial charge in [-0.15, -0.1) is 12.3 Å². The van der Waals surface area contributed by atoms with Crippen LogP contribution in [0.25, 0.3) is 0 Å². The number of nitrogens with one attached hydrogen (secondary N) is 1. The summed E-state index contributed by atoms with van der Waals surface area (Å²) in [6.45, 7) is 1.76. The number of carbonyl (C=O) groups is 2. The lowest BCUT2D eigenvalue weighted by Gasteiger charge is -2.36. The Hall–Kier alpha value is -1.94. The molecular formula is C18H26N4O3. The van der Waals surface area contributed by atoms with Gasteiger partial charge >= 0.3 is 0 Å². The van der Waals surface area contributed by atoms with Gasteiger partial charge in [0.15, 0.2) is 5.66 Å². The summed E-state index contributed by atoms with van der Waals surface area (Å²) in [4.78, 5) is 27.0. The van der Waals surface area contributed by atoms with Crippen LogP contribution in [0.1, 0.15) is 51.4 Å². The van der Waals surface area contributed by atoms with Gasteiger partial charge in [0.05, 0.1) is 0 Å². The van der Waals surface area contributed by atoms with Crippen molar-refractivity contribution in [1.82, 2.24) is 10.2 Å². The fourth-order valence-electron chi connectivity index (χ4n) is 3.60. The average molecular weight is 346 g/mol. The zero-order chi connectivity index (χ0) is 17.7. The standard InChI is InChI=1S/C18H26N4O3/c1-2-3-9-18(20-21-18)10-11-19-16(23)14-7-4-5-12-22(14)17(24)15-8-6-13-25-15/h1,14-15H,3-13H2,(H,19,23). The fourth-order valence-corrected chi connectivity index (χ4v) is 3.60. The van der Waals surface area contributed by atoms with Gasteiger partial charge in [-0.1, -0.05) is 0 Å². The van der Waals surface area contributed by atoms with Crippen molar-refractivity contribution in [1.29, 1.82) is 0 Å². The molecule has 2 atom stereocenters. The van der Waals surface area contributed by atoms with Gasteiger partial charge in [0, 0.05) is 39.0 Å². The van der Waals surface area contributed by atoms with Crippen molar-refractivity contribution >= 4 is 11.8 Å². The highest BCUT2D eigenvalue weighted by molar-refractivity contribution is 5.89. The van der Waals surface area contributed by atoms with Crippen LogP contribution in [-0.4, -0.2) is 54.2 Å². The van der Waals surface area contributed by atoms with E-state index in [9.17, 15) is 9.59 Å². The zero-order valence-corrected chi connectivity index (χ0v) is 14.6. The minimum atomic E-state index is -0.389. The minimum absolute atomic E-state index is 0.0324. The summed E-state index contributed by atoms with van der Waals surface area (Å²) in [5.41, 5.74) is -0.389. The summed E-state index contributed by atoms with van der Waals surface area (Å²) >= 11 is 0. The molecule has 0 bridgehead atoms. The van der Waals surface area contributed by atoms with Crippen LogP contribution < -0.4 is 5.32 Å². The molecule has 0 aliphatic carbocycles. The molecule has 2 saturated heterocycles. The maximum atomic E-state index is 12.6. The Bertz CT molecular complexity index is 571. The Kier molecular flexibility index (Phi) is 5.69. The van der Waals surface area contributed by atoms with E-state index in [1.807, 2.05) is 0 Å². The molecule has 1 N–H and O–H groups in total. The number of piperidine rings is 1. The van der Waals surface area contributed by atoms with E-state index in [0.717, 1.165) is 32.1 Å². The van der Waals surface area contributed by atoms with Gasteiger partial charge in [0.1, 0.15) is 12.1 Å². The molecule has 2 unspecified atom stereocenters. The maximum Gasteiger partial charge on any atom is 0.252 e. The Morgan fingerprint density at radius 3 is 2.76 bits per heavy atom. The number of terminal acetylenes is 1. The second-order valence-corrected chi connectivity index (χ2v) is 6.97. The number of nitrogens with zero attached hydrogens (tertiary/aromatic N) is 3. The third kappa shape index (κ3) is 4.37. The largest absolute Gasteiger partial charge is 0.368 e. The summed E-state index contributed by atoms with van der Waals surface area (Å²) in [6.07, 6.45) is 11.2. The lowest BCUT2D eigenvalue weighted by molar-refractivity contribution is -0.149. The molecule has 136 valence electrons. The number of rotatable bonds is 7. The van der Waals surface area contributed by atoms with Gasteiger partial charge < -0.3 is 15.0 Å². The number of hydrogen-bond acceptors (Lipinski definition) is 5. The zero-order valence-electron chi connectivity index (χ0n) is 14.6. The Morgan fingerprint density at radius 1 is 1.24 bits per heavy atom. The molecule has 0 spiro atoms. The molecule has 0 aromatic heterocycles. The summed E-state index contributed by atoms with van der Waals surface area (Å²) in [5.74, 6) is 2.48. The monoisotopic (exact) mass is 346 g/mol. The Morgan fingerprint density at radius 2 is 2.08 bits per heavy atom. The van der Waals surface area contributed by atoms with Gasteiger partial charge in [-0.05, 0) is 32.1 Å². The Balaban J connectivity index is 1.49. The second kappa shape index (κ2) is 7.96. The van der Waals surface area contributed by atoms with Gasteiger partial charge in [-0.2, -0.15) is 10.2 Å². The first-order valence-corrected chi connectivity index (χ1v) is 9.22. The topological polar surface area (TPSA) is 83.4 Å². The average Bonchev–Trinajstić information content (AvgIpc) is 3.18. The van der Waals surface area contributed by atoms with Gasteiger partial charge in [-0.25, -0.2) is 0 Å². The van der Waals surface area contributed by atoms with Crippen molar-refractivity contribution in [3.63, 3.8) is 0 Å². The Labute approximate surface area is 148 Å². The number of hydrogen-bond donors (Lipinski definition) is 1. The van der Waals surface area contributed by atoms with E-state index < -0.39 is 0 Å². The maximum absolute atomic E-state index is 12.6. The predicted molar refractivity (Wildman–Crippen MR) is 91.6 cm³/mol. The molecule has 3 heterocycles. The molecule has 3 aliphatic rings. The molecule has 2 amide bonds. The van der Waals surface area contributed by atoms with Crippen molar-refractivity contribution < 1.29 is 14.3 Å². The quantitative estimate of drug-likeness (QED) is 0.711. The van der Waals surface area contributed by atoms with E-state index in [1.54, 1.807) is 4.90 Å². The van der Waals surface area contributed by atoms with Crippen LogP contribution in [-0.2, 0) is 14.3 Å². The van der Waals surface area contributed by atoms with Crippen LogP contribution in [0.3, 0.4) is 0 Å². The molecule has 25 heavy (non-hydrogen) atoms. The smallest absolute Gasteiger partial charge is 0.252 e. The SMILES string of the molecule is C#CCCC1(CCNC(=O)C2CCCCN2C(=O)C2CCCO2)N=N1. The van der Waals surface area contributed by atoms with E-state index in [1.165, 1.54) is 0 Å². The van der Waals surface area contributed by atoms with Crippen molar-refractivity contribution in [3.8, 4) is 12.3 Å². The fraction of sp³-hybridized carbons (Fsp3) is 0.778. The van der Waals surface area contributed by atoms with Crippen molar-refractivity contribution in [2.75, 3.05) is 19.7 Å².